The van der Waals surface area contributed by atoms with Crippen molar-refractivity contribution in [1.29, 1.82) is 0 Å². The quantitative estimate of drug-likeness (QED) is 0.726. The summed E-state index contributed by atoms with van der Waals surface area (Å²) in [5.41, 5.74) is 3.79. The number of benzene rings is 1. The van der Waals surface area contributed by atoms with Crippen LogP contribution in [0.5, 0.6) is 0 Å². The topological polar surface area (TPSA) is 93.3 Å². The molecule has 8 heteroatoms. The molecule has 0 spiro atoms. The number of sulfonamides is 1. The van der Waals surface area contributed by atoms with Crippen LogP contribution in [0.4, 0.5) is 10.7 Å². The molecule has 2 heterocycles. The normalized spacial score (nSPS) is 16.1. The molecule has 0 aliphatic carbocycles. The van der Waals surface area contributed by atoms with Gasteiger partial charge < -0.3 is 15.2 Å². The van der Waals surface area contributed by atoms with Crippen molar-refractivity contribution >= 4 is 38.3 Å². The maximum Gasteiger partial charge on any atom is 0.221 e. The van der Waals surface area contributed by atoms with Gasteiger partial charge in [0.25, 0.3) is 0 Å². The van der Waals surface area contributed by atoms with E-state index in [0.717, 1.165) is 41.9 Å². The van der Waals surface area contributed by atoms with Crippen molar-refractivity contribution in [1.82, 2.24) is 5.32 Å². The van der Waals surface area contributed by atoms with Gasteiger partial charge in [0.1, 0.15) is 21.7 Å². The van der Waals surface area contributed by atoms with Crippen LogP contribution in [0, 0.1) is 0 Å². The van der Waals surface area contributed by atoms with Crippen molar-refractivity contribution in [3.8, 4) is 11.1 Å². The van der Waals surface area contributed by atoms with Crippen LogP contribution in [0.2, 0.25) is 0 Å². The molecule has 6 nitrogen and oxygen atoms in total. The monoisotopic (exact) mass is 365 g/mol. The lowest BCUT2D eigenvalue weighted by molar-refractivity contribution is -0.114. The van der Waals surface area contributed by atoms with E-state index < -0.39 is 10.4 Å². The van der Waals surface area contributed by atoms with Crippen molar-refractivity contribution in [3.63, 3.8) is 0 Å². The minimum Gasteiger partial charge on any atom is -0.593 e. The Morgan fingerprint density at radius 2 is 2.04 bits per heavy atom. The molecule has 0 bridgehead atoms. The molecule has 24 heavy (non-hydrogen) atoms. The van der Waals surface area contributed by atoms with Crippen LogP contribution in [0.15, 0.2) is 24.3 Å². The first-order valence-electron chi connectivity index (χ1n) is 7.54. The summed E-state index contributed by atoms with van der Waals surface area (Å²) in [6.45, 7) is 3.21. The van der Waals surface area contributed by atoms with Crippen molar-refractivity contribution in [2.45, 2.75) is 19.9 Å². The summed E-state index contributed by atoms with van der Waals surface area (Å²) < 4.78 is 25.1. The fraction of sp³-hybridized carbons (Fsp3) is 0.312. The number of carbonyl (C=O) groups excluding carboxylic acids is 1. The first-order valence-corrected chi connectivity index (χ1v) is 10.3. The van der Waals surface area contributed by atoms with E-state index in [1.807, 2.05) is 12.1 Å². The average Bonchev–Trinajstić information content (AvgIpc) is 2.83. The average molecular weight is 365 g/mol. The molecule has 3 rings (SSSR count). The van der Waals surface area contributed by atoms with Crippen molar-refractivity contribution in [2.75, 3.05) is 22.8 Å². The summed E-state index contributed by atoms with van der Waals surface area (Å²) in [4.78, 5) is 12.8. The third-order valence-corrected chi connectivity index (χ3v) is 5.45. The first kappa shape index (κ1) is 17.1. The van der Waals surface area contributed by atoms with Crippen LogP contribution in [0.1, 0.15) is 17.4 Å². The van der Waals surface area contributed by atoms with Crippen LogP contribution in [-0.2, 0) is 32.4 Å². The predicted octanol–water partition coefficient (Wildman–Crippen LogP) is 2.61. The summed E-state index contributed by atoms with van der Waals surface area (Å²) in [6.07, 6.45) is 2.03. The van der Waals surface area contributed by atoms with Gasteiger partial charge in [-0.05, 0) is 36.2 Å². The second-order valence-corrected chi connectivity index (χ2v) is 8.62. The number of nitrogens with one attached hydrogen (secondary N) is 3. The number of thiophene rings is 1. The zero-order valence-electron chi connectivity index (χ0n) is 13.5. The maximum atomic E-state index is 11.5. The molecule has 0 saturated carbocycles. The van der Waals surface area contributed by atoms with Gasteiger partial charge in [-0.1, -0.05) is 16.3 Å². The Morgan fingerprint density at radius 1 is 1.33 bits per heavy atom. The minimum atomic E-state index is -3.30. The number of fused-ring (bicyclic) bond motifs is 1. The SMILES string of the molecule is CC(=O)Nc1sc2c(c1-c1ccc(N[S+](C)(=O)[O-])cc1)CCNC2. The summed E-state index contributed by atoms with van der Waals surface area (Å²) in [5, 5.41) is 7.11. The van der Waals surface area contributed by atoms with Crippen molar-refractivity contribution in [3.05, 3.63) is 34.7 Å². The lowest BCUT2D eigenvalue weighted by Crippen LogP contribution is -2.22. The zero-order valence-corrected chi connectivity index (χ0v) is 15.1. The molecule has 128 valence electrons. The highest BCUT2D eigenvalue weighted by molar-refractivity contribution is 7.98. The maximum absolute atomic E-state index is 11.5. The van der Waals surface area contributed by atoms with Gasteiger partial charge in [-0.3, -0.25) is 4.79 Å². The van der Waals surface area contributed by atoms with Gasteiger partial charge in [0, 0.05) is 23.9 Å². The van der Waals surface area contributed by atoms with E-state index in [1.54, 1.807) is 23.5 Å². The fourth-order valence-corrected chi connectivity index (χ4v) is 4.66. The lowest BCUT2D eigenvalue weighted by atomic mass is 9.97. The highest BCUT2D eigenvalue weighted by Gasteiger charge is 2.22. The second kappa shape index (κ2) is 6.64. The van der Waals surface area contributed by atoms with Gasteiger partial charge >= 0.3 is 0 Å². The molecule has 2 aromatic rings. The van der Waals surface area contributed by atoms with E-state index in [2.05, 4.69) is 15.4 Å². The van der Waals surface area contributed by atoms with E-state index in [-0.39, 0.29) is 5.91 Å². The Balaban J connectivity index is 2.00. The van der Waals surface area contributed by atoms with E-state index in [1.165, 1.54) is 17.4 Å². The molecule has 3 N–H and O–H groups in total. The zero-order chi connectivity index (χ0) is 17.3. The van der Waals surface area contributed by atoms with Crippen LogP contribution in [-0.4, -0.2) is 23.3 Å². The fourth-order valence-electron chi connectivity index (χ4n) is 2.81. The van der Waals surface area contributed by atoms with Gasteiger partial charge in [-0.2, -0.15) is 0 Å². The third-order valence-electron chi connectivity index (χ3n) is 3.69. The molecule has 0 radical (unpaired) electrons. The van der Waals surface area contributed by atoms with Crippen LogP contribution < -0.4 is 15.4 Å². The van der Waals surface area contributed by atoms with Crippen LogP contribution >= 0.6 is 11.3 Å². The lowest BCUT2D eigenvalue weighted by Gasteiger charge is -2.15. The molecule has 1 amide bonds. The molecular formula is C16H19N3O3S2. The number of anilines is 2. The smallest absolute Gasteiger partial charge is 0.221 e. The van der Waals surface area contributed by atoms with Gasteiger partial charge in [0.15, 0.2) is 0 Å². The molecule has 0 fully saturated rings. The van der Waals surface area contributed by atoms with Crippen LogP contribution in [0.3, 0.4) is 0 Å². The van der Waals surface area contributed by atoms with Crippen LogP contribution in [0.25, 0.3) is 11.1 Å². The summed E-state index contributed by atoms with van der Waals surface area (Å²) >= 11 is 1.59. The Hall–Kier alpha value is -1.74. The van der Waals surface area contributed by atoms with Gasteiger partial charge in [-0.15, -0.1) is 11.3 Å². The van der Waals surface area contributed by atoms with Crippen molar-refractivity contribution < 1.29 is 13.6 Å². The Bertz CT molecular complexity index is 809. The molecule has 1 aliphatic heterocycles. The number of hydrogen-bond donors (Lipinski definition) is 3. The highest BCUT2D eigenvalue weighted by Crippen LogP contribution is 2.42. The van der Waals surface area contributed by atoms with E-state index in [4.69, 9.17) is 0 Å². The molecule has 1 aromatic carbocycles. The number of hydrogen-bond acceptors (Lipinski definition) is 5. The standard InChI is InChI=1S/C16H19N3O3S2/c1-10(20)18-16-15(13-7-8-17-9-14(13)23-16)11-3-5-12(6-4-11)19-24(2,21)22/h3-6,17H,7-9H2,1-2H3,(H2-,18,19,20,21,22). The summed E-state index contributed by atoms with van der Waals surface area (Å²) in [5.74, 6) is -0.0989. The summed E-state index contributed by atoms with van der Waals surface area (Å²) in [7, 11) is -3.30. The van der Waals surface area contributed by atoms with Gasteiger partial charge in [0.2, 0.25) is 5.91 Å². The Labute approximate surface area is 146 Å². The van der Waals surface area contributed by atoms with Crippen molar-refractivity contribution in [2.24, 2.45) is 0 Å². The largest absolute Gasteiger partial charge is 0.593 e. The Morgan fingerprint density at radius 3 is 2.67 bits per heavy atom. The first-order chi connectivity index (χ1) is 11.3. The number of carbonyl (C=O) groups is 1. The van der Waals surface area contributed by atoms with Gasteiger partial charge in [-0.25, -0.2) is 4.72 Å². The number of rotatable bonds is 4. The van der Waals surface area contributed by atoms with Gasteiger partial charge in [0.05, 0.1) is 5.69 Å². The van der Waals surface area contributed by atoms with E-state index >= 15 is 0 Å². The molecular weight excluding hydrogens is 346 g/mol. The molecule has 1 aliphatic rings. The number of amides is 1. The highest BCUT2D eigenvalue weighted by atomic mass is 32.3. The molecule has 1 atom stereocenters. The molecule has 0 saturated heterocycles. The second-order valence-electron chi connectivity index (χ2n) is 5.77. The third kappa shape index (κ3) is 3.84. The summed E-state index contributed by atoms with van der Waals surface area (Å²) in [6, 6.07) is 7.23. The molecule has 1 aromatic heterocycles. The Kier molecular flexibility index (Phi) is 4.73. The predicted molar refractivity (Wildman–Crippen MR) is 97.8 cm³/mol. The van der Waals surface area contributed by atoms with E-state index in [0.29, 0.717) is 5.69 Å². The minimum absolute atomic E-state index is 0.0989. The molecule has 1 unspecified atom stereocenters. The van der Waals surface area contributed by atoms with E-state index in [9.17, 15) is 13.6 Å².